The van der Waals surface area contributed by atoms with E-state index in [0.29, 0.717) is 0 Å². The normalized spacial score (nSPS) is 16.5. The highest BCUT2D eigenvalue weighted by atomic mass is 32.2. The molecule has 0 radical (unpaired) electrons. The predicted octanol–water partition coefficient (Wildman–Crippen LogP) is 1.15. The second-order valence-corrected chi connectivity index (χ2v) is 9.01. The average Bonchev–Trinajstić information content (AvgIpc) is 3.32. The van der Waals surface area contributed by atoms with Crippen molar-refractivity contribution in [3.63, 3.8) is 0 Å². The van der Waals surface area contributed by atoms with Gasteiger partial charge < -0.3 is 10.4 Å². The monoisotopic (exact) mass is 405 g/mol. The predicted molar refractivity (Wildman–Crippen MR) is 102 cm³/mol. The number of carbonyl (C=O) groups excluding carboxylic acids is 1. The summed E-state index contributed by atoms with van der Waals surface area (Å²) in [4.78, 5) is 13.6. The minimum atomic E-state index is -4.16. The van der Waals surface area contributed by atoms with Gasteiger partial charge in [0.15, 0.2) is 0 Å². The first kappa shape index (κ1) is 18.9. The number of aliphatic hydroxyl groups excluding tert-OH is 1. The van der Waals surface area contributed by atoms with Crippen molar-refractivity contribution in [3.8, 4) is 0 Å². The fourth-order valence-electron chi connectivity index (χ4n) is 4.01. The van der Waals surface area contributed by atoms with Gasteiger partial charge in [-0.2, -0.15) is 18.3 Å². The molecule has 3 N–H and O–H groups in total. The van der Waals surface area contributed by atoms with Crippen LogP contribution in [0.4, 0.5) is 10.5 Å². The Morgan fingerprint density at radius 3 is 2.46 bits per heavy atom. The Bertz CT molecular complexity index is 997. The minimum Gasteiger partial charge on any atom is -0.391 e. The summed E-state index contributed by atoms with van der Waals surface area (Å²) in [5, 5.41) is 19.4. The summed E-state index contributed by atoms with van der Waals surface area (Å²) >= 11 is 0. The van der Waals surface area contributed by atoms with Crippen molar-refractivity contribution >= 4 is 21.7 Å². The van der Waals surface area contributed by atoms with Crippen LogP contribution in [-0.4, -0.2) is 40.7 Å². The third-order valence-electron chi connectivity index (χ3n) is 5.16. The van der Waals surface area contributed by atoms with Crippen molar-refractivity contribution in [1.29, 1.82) is 0 Å². The van der Waals surface area contributed by atoms with Crippen molar-refractivity contribution in [2.24, 2.45) is 0 Å². The Labute approximate surface area is 163 Å². The molecule has 0 bridgehead atoms. The molecule has 2 amide bonds. The average molecular weight is 405 g/mol. The van der Waals surface area contributed by atoms with E-state index in [4.69, 9.17) is 0 Å². The first-order chi connectivity index (χ1) is 13.3. The molecule has 10 heteroatoms. The Kier molecular flexibility index (Phi) is 4.84. The maximum atomic E-state index is 12.5. The maximum Gasteiger partial charge on any atom is 0.333 e. The number of aliphatic hydroxyl groups is 1. The molecule has 0 spiro atoms. The number of fused-ring (bicyclic) bond motifs is 2. The van der Waals surface area contributed by atoms with Crippen molar-refractivity contribution in [2.75, 3.05) is 5.32 Å². The number of hydrogen-bond donors (Lipinski definition) is 3. The molecule has 150 valence electrons. The topological polar surface area (TPSA) is 126 Å². The van der Waals surface area contributed by atoms with Gasteiger partial charge in [0, 0.05) is 5.69 Å². The first-order valence-corrected chi connectivity index (χ1v) is 10.9. The molecule has 2 aliphatic carbocycles. The highest BCUT2D eigenvalue weighted by Gasteiger charge is 2.27. The van der Waals surface area contributed by atoms with Crippen LogP contribution in [0.5, 0.6) is 0 Å². The molecule has 1 aromatic heterocycles. The minimum absolute atomic E-state index is 0.0595. The smallest absolute Gasteiger partial charge is 0.333 e. The molecule has 1 heterocycles. The van der Waals surface area contributed by atoms with Gasteiger partial charge in [-0.05, 0) is 67.7 Å². The van der Waals surface area contributed by atoms with E-state index >= 15 is 0 Å². The molecule has 2 aromatic rings. The molecule has 0 fully saturated rings. The molecular formula is C18H23N5O4S. The summed E-state index contributed by atoms with van der Waals surface area (Å²) in [5.74, 6) is 0. The van der Waals surface area contributed by atoms with Gasteiger partial charge in [-0.3, -0.25) is 0 Å². The van der Waals surface area contributed by atoms with E-state index in [1.807, 2.05) is 4.72 Å². The number of urea groups is 1. The number of nitrogens with zero attached hydrogens (tertiary/aromatic N) is 3. The zero-order chi connectivity index (χ0) is 19.9. The number of benzene rings is 1. The zero-order valence-electron chi connectivity index (χ0n) is 15.6. The lowest BCUT2D eigenvalue weighted by molar-refractivity contribution is 0.161. The Balaban J connectivity index is 1.53. The number of aromatic nitrogens is 3. The number of rotatable bonds is 5. The summed E-state index contributed by atoms with van der Waals surface area (Å²) in [6.45, 7) is 1.60. The van der Waals surface area contributed by atoms with Gasteiger partial charge >= 0.3 is 6.03 Å². The second kappa shape index (κ2) is 7.17. The van der Waals surface area contributed by atoms with Crippen LogP contribution >= 0.6 is 0 Å². The number of anilines is 1. The third-order valence-corrected chi connectivity index (χ3v) is 6.35. The third kappa shape index (κ3) is 3.61. The lowest BCUT2D eigenvalue weighted by Crippen LogP contribution is -2.35. The summed E-state index contributed by atoms with van der Waals surface area (Å²) in [7, 11) is -4.16. The van der Waals surface area contributed by atoms with Crippen LogP contribution < -0.4 is 10.0 Å². The fourth-order valence-corrected chi connectivity index (χ4v) is 4.80. The van der Waals surface area contributed by atoms with Crippen molar-refractivity contribution < 1.29 is 18.3 Å². The fraction of sp³-hybridized carbons (Fsp3) is 0.500. The van der Waals surface area contributed by atoms with Gasteiger partial charge in [0.2, 0.25) is 5.03 Å². The molecule has 4 rings (SSSR count). The van der Waals surface area contributed by atoms with E-state index in [1.165, 1.54) is 11.1 Å². The van der Waals surface area contributed by atoms with E-state index in [1.54, 1.807) is 6.92 Å². The molecule has 0 unspecified atom stereocenters. The van der Waals surface area contributed by atoms with Crippen LogP contribution in [0.1, 0.15) is 42.0 Å². The van der Waals surface area contributed by atoms with E-state index in [-0.39, 0.29) is 11.6 Å². The summed E-state index contributed by atoms with van der Waals surface area (Å²) < 4.78 is 26.9. The van der Waals surface area contributed by atoms with E-state index in [2.05, 4.69) is 21.6 Å². The first-order valence-electron chi connectivity index (χ1n) is 9.42. The van der Waals surface area contributed by atoms with Crippen molar-refractivity contribution in [2.45, 2.75) is 63.1 Å². The van der Waals surface area contributed by atoms with Gasteiger partial charge in [-0.25, -0.2) is 9.52 Å². The van der Waals surface area contributed by atoms with Crippen molar-refractivity contribution in [1.82, 2.24) is 19.7 Å². The molecule has 0 saturated heterocycles. The molecule has 1 atom stereocenters. The van der Waals surface area contributed by atoms with Crippen LogP contribution in [0.3, 0.4) is 0 Å². The lowest BCUT2D eigenvalue weighted by Gasteiger charge is -2.16. The van der Waals surface area contributed by atoms with E-state index in [0.717, 1.165) is 66.3 Å². The summed E-state index contributed by atoms with van der Waals surface area (Å²) in [6.07, 6.45) is 6.17. The molecule has 28 heavy (non-hydrogen) atoms. The van der Waals surface area contributed by atoms with Crippen LogP contribution in [-0.2, 0) is 42.3 Å². The summed E-state index contributed by atoms with van der Waals surface area (Å²) in [5.41, 5.74) is 5.51. The number of hydrogen-bond acceptors (Lipinski definition) is 6. The Morgan fingerprint density at radius 1 is 1.21 bits per heavy atom. The van der Waals surface area contributed by atoms with E-state index in [9.17, 15) is 18.3 Å². The molecular weight excluding hydrogens is 382 g/mol. The highest BCUT2D eigenvalue weighted by molar-refractivity contribution is 7.90. The molecule has 0 saturated carbocycles. The SMILES string of the molecule is C[C@@H](O)Cn1ncc(S(=O)(=O)NC(=O)Nc2c3c(cc4c2CCC4)CCC3)n1. The zero-order valence-corrected chi connectivity index (χ0v) is 16.4. The maximum absolute atomic E-state index is 12.5. The van der Waals surface area contributed by atoms with Crippen molar-refractivity contribution in [3.05, 3.63) is 34.5 Å². The second-order valence-electron chi connectivity index (χ2n) is 7.38. The largest absolute Gasteiger partial charge is 0.391 e. The number of amides is 2. The lowest BCUT2D eigenvalue weighted by atomic mass is 9.99. The van der Waals surface area contributed by atoms with Gasteiger partial charge in [0.1, 0.15) is 0 Å². The number of nitrogens with one attached hydrogen (secondary N) is 2. The van der Waals surface area contributed by atoms with E-state index < -0.39 is 22.2 Å². The van der Waals surface area contributed by atoms with Gasteiger partial charge in [0.25, 0.3) is 10.0 Å². The van der Waals surface area contributed by atoms with Gasteiger partial charge in [-0.1, -0.05) is 6.07 Å². The Hall–Kier alpha value is -2.46. The molecule has 0 aliphatic heterocycles. The standard InChI is InChI=1S/C18H23N5O4S/c1-11(24)10-23-19-9-16(21-23)28(26,27)22-18(25)20-17-14-6-2-4-12(14)8-13-5-3-7-15(13)17/h8-9,11,24H,2-7,10H2,1H3,(H2,20,22,25)/t11-/m1/s1. The summed E-state index contributed by atoms with van der Waals surface area (Å²) in [6, 6.07) is 1.43. The number of sulfonamides is 1. The van der Waals surface area contributed by atoms with Crippen LogP contribution in [0.15, 0.2) is 17.3 Å². The van der Waals surface area contributed by atoms with Crippen LogP contribution in [0.2, 0.25) is 0 Å². The van der Waals surface area contributed by atoms with Crippen LogP contribution in [0, 0.1) is 0 Å². The molecule has 2 aliphatic rings. The molecule has 1 aromatic carbocycles. The molecule has 9 nitrogen and oxygen atoms in total. The number of carbonyl (C=O) groups is 1. The quantitative estimate of drug-likeness (QED) is 0.685. The van der Waals surface area contributed by atoms with Crippen LogP contribution in [0.25, 0.3) is 0 Å². The number of aryl methyl sites for hydroxylation is 2. The Morgan fingerprint density at radius 2 is 1.86 bits per heavy atom. The van der Waals surface area contributed by atoms with Gasteiger partial charge in [-0.15, -0.1) is 5.10 Å². The highest BCUT2D eigenvalue weighted by Crippen LogP contribution is 2.38. The van der Waals surface area contributed by atoms with Gasteiger partial charge in [0.05, 0.1) is 18.8 Å².